The van der Waals surface area contributed by atoms with Gasteiger partial charge in [-0.1, -0.05) is 19.0 Å². The molecule has 0 saturated heterocycles. The Balaban J connectivity index is 1.83. The average Bonchev–Trinajstić information content (AvgIpc) is 3.23. The van der Waals surface area contributed by atoms with Gasteiger partial charge in [-0.2, -0.15) is 0 Å². The zero-order valence-corrected chi connectivity index (χ0v) is 14.5. The third-order valence-electron chi connectivity index (χ3n) is 4.38. The molecule has 2 heterocycles. The third kappa shape index (κ3) is 3.30. The molecule has 1 aromatic carbocycles. The molecule has 1 atom stereocenters. The summed E-state index contributed by atoms with van der Waals surface area (Å²) in [6.45, 7) is 6.53. The van der Waals surface area contributed by atoms with Crippen LogP contribution in [0.1, 0.15) is 49.4 Å². The number of ether oxygens (including phenoxy) is 2. The molecular weight excluding hydrogens is 326 g/mol. The van der Waals surface area contributed by atoms with Gasteiger partial charge in [0.2, 0.25) is 6.79 Å². The molecule has 1 aliphatic heterocycles. The second-order valence-corrected chi connectivity index (χ2v) is 5.86. The minimum Gasteiger partial charge on any atom is -0.454 e. The first kappa shape index (κ1) is 17.2. The van der Waals surface area contributed by atoms with E-state index in [1.807, 2.05) is 20.8 Å². The molecule has 2 aromatic rings. The van der Waals surface area contributed by atoms with E-state index >= 15 is 0 Å². The molecule has 8 heteroatoms. The van der Waals surface area contributed by atoms with Crippen LogP contribution in [0.3, 0.4) is 0 Å². The lowest BCUT2D eigenvalue weighted by Crippen LogP contribution is -2.20. The molecule has 0 amide bonds. The number of rotatable bonds is 7. The number of benzene rings is 1. The van der Waals surface area contributed by atoms with Crippen molar-refractivity contribution >= 4 is 5.69 Å². The molecule has 25 heavy (non-hydrogen) atoms. The quantitative estimate of drug-likeness (QED) is 0.606. The molecule has 0 aliphatic carbocycles. The molecule has 0 spiro atoms. The zero-order valence-electron chi connectivity index (χ0n) is 14.5. The molecule has 0 radical (unpaired) electrons. The van der Waals surface area contributed by atoms with Crippen LogP contribution in [0.2, 0.25) is 0 Å². The lowest BCUT2D eigenvalue weighted by atomic mass is 10.0. The van der Waals surface area contributed by atoms with Crippen molar-refractivity contribution in [3.05, 3.63) is 44.8 Å². The second-order valence-electron chi connectivity index (χ2n) is 5.86. The number of aryl methyl sites for hydroxylation is 2. The topological polar surface area (TPSA) is 99.7 Å². The summed E-state index contributed by atoms with van der Waals surface area (Å²) in [5.74, 6) is 1.78. The monoisotopic (exact) mass is 347 g/mol. The Morgan fingerprint density at radius 3 is 2.64 bits per heavy atom. The first-order chi connectivity index (χ1) is 12.0. The largest absolute Gasteiger partial charge is 0.454 e. The molecule has 1 N–H and O–H groups in total. The molecule has 1 aromatic heterocycles. The Hall–Kier alpha value is -2.61. The van der Waals surface area contributed by atoms with Crippen LogP contribution in [0, 0.1) is 10.1 Å². The van der Waals surface area contributed by atoms with Crippen LogP contribution in [0.4, 0.5) is 5.69 Å². The minimum atomic E-state index is -0.399. The standard InChI is InChI=1S/C17H21N3O5/c1-4-13-12(15(5-2)25-19-13)8-18-10(3)11-6-16-17(24-9-23-16)7-14(11)20(21)22/h6-7,10,18H,4-5,8-9H2,1-3H3/t10-/m1/s1. The Bertz CT molecular complexity index is 765. The molecule has 0 saturated carbocycles. The van der Waals surface area contributed by atoms with Gasteiger partial charge in [-0.05, 0) is 19.4 Å². The van der Waals surface area contributed by atoms with Crippen molar-refractivity contribution < 1.29 is 18.9 Å². The normalized spacial score (nSPS) is 13.9. The Morgan fingerprint density at radius 2 is 2.00 bits per heavy atom. The van der Waals surface area contributed by atoms with Crippen LogP contribution in [-0.2, 0) is 19.4 Å². The van der Waals surface area contributed by atoms with Gasteiger partial charge in [0, 0.05) is 24.6 Å². The maximum Gasteiger partial charge on any atom is 0.278 e. The lowest BCUT2D eigenvalue weighted by molar-refractivity contribution is -0.385. The summed E-state index contributed by atoms with van der Waals surface area (Å²) < 4.78 is 15.9. The van der Waals surface area contributed by atoms with E-state index in [-0.39, 0.29) is 18.5 Å². The number of hydrogen-bond donors (Lipinski definition) is 1. The Morgan fingerprint density at radius 1 is 1.28 bits per heavy atom. The third-order valence-corrected chi connectivity index (χ3v) is 4.38. The van der Waals surface area contributed by atoms with Crippen LogP contribution in [0.5, 0.6) is 11.5 Å². The van der Waals surface area contributed by atoms with E-state index in [4.69, 9.17) is 14.0 Å². The molecule has 0 unspecified atom stereocenters. The van der Waals surface area contributed by atoms with Crippen molar-refractivity contribution in [1.82, 2.24) is 10.5 Å². The summed E-state index contributed by atoms with van der Waals surface area (Å²) in [6, 6.07) is 2.84. The van der Waals surface area contributed by atoms with E-state index in [2.05, 4.69) is 10.5 Å². The van der Waals surface area contributed by atoms with Crippen molar-refractivity contribution in [2.45, 2.75) is 46.2 Å². The van der Waals surface area contributed by atoms with Gasteiger partial charge in [-0.3, -0.25) is 10.1 Å². The fourth-order valence-electron chi connectivity index (χ4n) is 2.95. The van der Waals surface area contributed by atoms with Crippen molar-refractivity contribution in [3.63, 3.8) is 0 Å². The van der Waals surface area contributed by atoms with Crippen LogP contribution in [-0.4, -0.2) is 16.9 Å². The maximum absolute atomic E-state index is 11.4. The number of nitrogens with zero attached hydrogens (tertiary/aromatic N) is 2. The lowest BCUT2D eigenvalue weighted by Gasteiger charge is -2.15. The van der Waals surface area contributed by atoms with Crippen LogP contribution in [0.15, 0.2) is 16.7 Å². The van der Waals surface area contributed by atoms with Gasteiger partial charge in [0.05, 0.1) is 22.2 Å². The van der Waals surface area contributed by atoms with Crippen LogP contribution < -0.4 is 14.8 Å². The van der Waals surface area contributed by atoms with Crippen molar-refractivity contribution in [3.8, 4) is 11.5 Å². The number of nitro groups is 1. The highest BCUT2D eigenvalue weighted by Gasteiger charge is 2.26. The van der Waals surface area contributed by atoms with E-state index in [1.165, 1.54) is 6.07 Å². The number of nitrogens with one attached hydrogen (secondary N) is 1. The molecule has 0 bridgehead atoms. The number of fused-ring (bicyclic) bond motifs is 1. The summed E-state index contributed by atoms with van der Waals surface area (Å²) in [5, 5.41) is 18.8. The number of aromatic nitrogens is 1. The Labute approximate surface area is 145 Å². The summed E-state index contributed by atoms with van der Waals surface area (Å²) in [4.78, 5) is 11.0. The fraction of sp³-hybridized carbons (Fsp3) is 0.471. The van der Waals surface area contributed by atoms with Gasteiger partial charge in [-0.25, -0.2) is 0 Å². The van der Waals surface area contributed by atoms with Gasteiger partial charge < -0.3 is 19.3 Å². The predicted molar refractivity (Wildman–Crippen MR) is 89.7 cm³/mol. The molecule has 8 nitrogen and oxygen atoms in total. The molecule has 0 fully saturated rings. The van der Waals surface area contributed by atoms with E-state index in [1.54, 1.807) is 6.07 Å². The zero-order chi connectivity index (χ0) is 18.0. The van der Waals surface area contributed by atoms with E-state index < -0.39 is 4.92 Å². The van der Waals surface area contributed by atoms with Gasteiger partial charge >= 0.3 is 0 Å². The SMILES string of the molecule is CCc1noc(CC)c1CN[C@H](C)c1cc2c(cc1[N+](=O)[O-])OCO2. The van der Waals surface area contributed by atoms with Crippen LogP contribution in [0.25, 0.3) is 0 Å². The van der Waals surface area contributed by atoms with Crippen molar-refractivity contribution in [2.24, 2.45) is 0 Å². The smallest absolute Gasteiger partial charge is 0.278 e. The van der Waals surface area contributed by atoms with Gasteiger partial charge in [0.15, 0.2) is 11.5 Å². The summed E-state index contributed by atoms with van der Waals surface area (Å²) in [5.41, 5.74) is 2.51. The average molecular weight is 347 g/mol. The van der Waals surface area contributed by atoms with Crippen molar-refractivity contribution in [1.29, 1.82) is 0 Å². The first-order valence-corrected chi connectivity index (χ1v) is 8.32. The first-order valence-electron chi connectivity index (χ1n) is 8.32. The maximum atomic E-state index is 11.4. The molecule has 134 valence electrons. The van der Waals surface area contributed by atoms with Gasteiger partial charge in [-0.15, -0.1) is 0 Å². The van der Waals surface area contributed by atoms with Crippen molar-refractivity contribution in [2.75, 3.05) is 6.79 Å². The highest BCUT2D eigenvalue weighted by Crippen LogP contribution is 2.40. The molecular formula is C17H21N3O5. The van der Waals surface area contributed by atoms with Gasteiger partial charge in [0.25, 0.3) is 5.69 Å². The number of hydrogen-bond acceptors (Lipinski definition) is 7. The van der Waals surface area contributed by atoms with E-state index in [0.717, 1.165) is 29.9 Å². The molecule has 3 rings (SSSR count). The number of nitro benzene ring substituents is 1. The van der Waals surface area contributed by atoms with E-state index in [9.17, 15) is 10.1 Å². The highest BCUT2D eigenvalue weighted by atomic mass is 16.7. The second kappa shape index (κ2) is 7.10. The fourth-order valence-corrected chi connectivity index (χ4v) is 2.95. The molecule has 1 aliphatic rings. The highest BCUT2D eigenvalue weighted by molar-refractivity contribution is 5.56. The van der Waals surface area contributed by atoms with Gasteiger partial charge in [0.1, 0.15) is 5.76 Å². The van der Waals surface area contributed by atoms with E-state index in [0.29, 0.717) is 23.6 Å². The summed E-state index contributed by atoms with van der Waals surface area (Å²) >= 11 is 0. The Kier molecular flexibility index (Phi) is 4.89. The minimum absolute atomic E-state index is 0.0148. The summed E-state index contributed by atoms with van der Waals surface area (Å²) in [6.07, 6.45) is 1.53. The summed E-state index contributed by atoms with van der Waals surface area (Å²) in [7, 11) is 0. The predicted octanol–water partition coefficient (Wildman–Crippen LogP) is 3.29. The van der Waals surface area contributed by atoms with Crippen LogP contribution >= 0.6 is 0 Å².